The molecule has 0 saturated heterocycles. The molecule has 0 amide bonds. The summed E-state index contributed by atoms with van der Waals surface area (Å²) >= 11 is 6.13. The number of nitrogens with zero attached hydrogens (tertiary/aromatic N) is 3. The number of nitrogen functional groups attached to an aromatic ring is 1. The van der Waals surface area contributed by atoms with Gasteiger partial charge in [0, 0.05) is 17.8 Å². The van der Waals surface area contributed by atoms with Gasteiger partial charge in [-0.2, -0.15) is 4.68 Å². The average Bonchev–Trinajstić information content (AvgIpc) is 2.98. The zero-order chi connectivity index (χ0) is 17.4. The van der Waals surface area contributed by atoms with Crippen LogP contribution in [0.3, 0.4) is 0 Å². The van der Waals surface area contributed by atoms with Gasteiger partial charge in [-0.05, 0) is 47.5 Å². The first-order chi connectivity index (χ1) is 12.1. The Bertz CT molecular complexity index is 1090. The first-order valence-corrected chi connectivity index (χ1v) is 8.01. The number of benzene rings is 2. The molecule has 2 aromatic heterocycles. The van der Waals surface area contributed by atoms with Crippen molar-refractivity contribution in [2.45, 2.75) is 0 Å². The summed E-state index contributed by atoms with van der Waals surface area (Å²) in [5.74, 6) is -0.0183. The minimum atomic E-state index is -0.316. The van der Waals surface area contributed by atoms with Gasteiger partial charge in [-0.25, -0.2) is 0 Å². The normalized spacial score (nSPS) is 10.9. The zero-order valence-electron chi connectivity index (χ0n) is 13.1. The van der Waals surface area contributed by atoms with Crippen LogP contribution in [0, 0.1) is 0 Å². The van der Waals surface area contributed by atoms with Crippen LogP contribution in [0.5, 0.6) is 0 Å². The number of carbonyl (C=O) groups excluding carboxylic acids is 1. The summed E-state index contributed by atoms with van der Waals surface area (Å²) < 4.78 is 1.29. The van der Waals surface area contributed by atoms with E-state index in [9.17, 15) is 4.79 Å². The van der Waals surface area contributed by atoms with Gasteiger partial charge in [-0.15, -0.1) is 5.10 Å². The Labute approximate surface area is 148 Å². The van der Waals surface area contributed by atoms with Gasteiger partial charge < -0.3 is 5.73 Å². The second-order valence-corrected chi connectivity index (χ2v) is 5.96. The van der Waals surface area contributed by atoms with Gasteiger partial charge in [-0.1, -0.05) is 29.8 Å². The Hall–Kier alpha value is -3.18. The Balaban J connectivity index is 1.85. The van der Waals surface area contributed by atoms with Crippen molar-refractivity contribution >= 4 is 34.2 Å². The second-order valence-electron chi connectivity index (χ2n) is 5.55. The van der Waals surface area contributed by atoms with Crippen LogP contribution >= 0.6 is 11.6 Å². The van der Waals surface area contributed by atoms with Crippen molar-refractivity contribution in [3.63, 3.8) is 0 Å². The summed E-state index contributed by atoms with van der Waals surface area (Å²) in [4.78, 5) is 16.8. The summed E-state index contributed by atoms with van der Waals surface area (Å²) in [5.41, 5.74) is 9.06. The van der Waals surface area contributed by atoms with Gasteiger partial charge in [-0.3, -0.25) is 9.78 Å². The lowest BCUT2D eigenvalue weighted by Crippen LogP contribution is -2.14. The van der Waals surface area contributed by atoms with Crippen LogP contribution < -0.4 is 5.73 Å². The quantitative estimate of drug-likeness (QED) is 0.593. The van der Waals surface area contributed by atoms with Crippen molar-refractivity contribution in [3.05, 3.63) is 77.6 Å². The van der Waals surface area contributed by atoms with Gasteiger partial charge in [0.1, 0.15) is 0 Å². The molecule has 0 bridgehead atoms. The van der Waals surface area contributed by atoms with Crippen molar-refractivity contribution in [3.8, 4) is 11.1 Å². The van der Waals surface area contributed by atoms with E-state index in [4.69, 9.17) is 17.3 Å². The van der Waals surface area contributed by atoms with Crippen LogP contribution in [0.15, 0.2) is 67.0 Å². The van der Waals surface area contributed by atoms with Gasteiger partial charge >= 0.3 is 0 Å². The molecular formula is C19H13ClN4O. The third kappa shape index (κ3) is 2.64. The van der Waals surface area contributed by atoms with Crippen LogP contribution in [-0.4, -0.2) is 20.7 Å². The lowest BCUT2D eigenvalue weighted by Gasteiger charge is -2.05. The molecule has 0 atom stereocenters. The highest BCUT2D eigenvalue weighted by Crippen LogP contribution is 2.28. The Morgan fingerprint density at radius 1 is 1.00 bits per heavy atom. The highest BCUT2D eigenvalue weighted by Gasteiger charge is 2.18. The van der Waals surface area contributed by atoms with E-state index in [2.05, 4.69) is 10.1 Å². The van der Waals surface area contributed by atoms with E-state index in [0.717, 1.165) is 16.5 Å². The average molecular weight is 349 g/mol. The molecule has 5 nitrogen and oxygen atoms in total. The first-order valence-electron chi connectivity index (χ1n) is 7.63. The molecule has 0 unspecified atom stereocenters. The maximum absolute atomic E-state index is 12.8. The molecule has 122 valence electrons. The molecule has 2 heterocycles. The van der Waals surface area contributed by atoms with E-state index in [1.165, 1.54) is 4.68 Å². The summed E-state index contributed by atoms with van der Waals surface area (Å²) in [6.07, 6.45) is 3.46. The van der Waals surface area contributed by atoms with Crippen LogP contribution in [0.4, 0.5) is 5.82 Å². The minimum Gasteiger partial charge on any atom is -0.382 e. The Morgan fingerprint density at radius 3 is 2.52 bits per heavy atom. The molecule has 2 N–H and O–H groups in total. The molecule has 4 aromatic rings. The van der Waals surface area contributed by atoms with Crippen LogP contribution in [-0.2, 0) is 0 Å². The van der Waals surface area contributed by atoms with Crippen LogP contribution in [0.1, 0.15) is 10.4 Å². The number of nitrogens with two attached hydrogens (primary N) is 1. The monoisotopic (exact) mass is 348 g/mol. The molecule has 0 aliphatic rings. The van der Waals surface area contributed by atoms with Crippen molar-refractivity contribution in [1.29, 1.82) is 0 Å². The van der Waals surface area contributed by atoms with Gasteiger partial charge in [0.05, 0.1) is 16.1 Å². The number of halogens is 1. The van der Waals surface area contributed by atoms with Crippen molar-refractivity contribution in [2.24, 2.45) is 0 Å². The van der Waals surface area contributed by atoms with Crippen molar-refractivity contribution < 1.29 is 4.79 Å². The SMILES string of the molecule is Nc1nn(C(=O)c2ccccc2Cl)c2ccc(-c3ccncc3)cc12. The molecule has 0 saturated carbocycles. The molecule has 4 rings (SSSR count). The predicted octanol–water partition coefficient (Wildman–Crippen LogP) is 4.02. The molecule has 0 fully saturated rings. The third-order valence-electron chi connectivity index (χ3n) is 4.02. The number of fused-ring (bicyclic) bond motifs is 1. The largest absolute Gasteiger partial charge is 0.382 e. The molecule has 2 aromatic carbocycles. The molecular weight excluding hydrogens is 336 g/mol. The summed E-state index contributed by atoms with van der Waals surface area (Å²) in [7, 11) is 0. The van der Waals surface area contributed by atoms with Gasteiger partial charge in [0.25, 0.3) is 5.91 Å². The maximum Gasteiger partial charge on any atom is 0.280 e. The predicted molar refractivity (Wildman–Crippen MR) is 98.6 cm³/mol. The fourth-order valence-corrected chi connectivity index (χ4v) is 2.99. The van der Waals surface area contributed by atoms with Gasteiger partial charge in [0.15, 0.2) is 5.82 Å². The summed E-state index contributed by atoms with van der Waals surface area (Å²) in [6.45, 7) is 0. The van der Waals surface area contributed by atoms with Crippen molar-refractivity contribution in [2.75, 3.05) is 5.73 Å². The standard InChI is InChI=1S/C19H13ClN4O/c20-16-4-2-1-3-14(16)19(25)24-17-6-5-13(11-15(17)18(21)23-24)12-7-9-22-10-8-12/h1-11H,(H2,21,23). The second kappa shape index (κ2) is 6.03. The lowest BCUT2D eigenvalue weighted by molar-refractivity contribution is 0.0951. The number of pyridine rings is 1. The van der Waals surface area contributed by atoms with Crippen molar-refractivity contribution in [1.82, 2.24) is 14.8 Å². The number of hydrogen-bond acceptors (Lipinski definition) is 4. The molecule has 0 aliphatic heterocycles. The van der Waals surface area contributed by atoms with Crippen LogP contribution in [0.2, 0.25) is 5.02 Å². The van der Waals surface area contributed by atoms with Crippen LogP contribution in [0.25, 0.3) is 22.0 Å². The number of anilines is 1. The van der Waals surface area contributed by atoms with E-state index < -0.39 is 0 Å². The van der Waals surface area contributed by atoms with E-state index in [0.29, 0.717) is 21.9 Å². The van der Waals surface area contributed by atoms with E-state index in [-0.39, 0.29) is 5.91 Å². The first kappa shape index (κ1) is 15.4. The van der Waals surface area contributed by atoms with E-state index in [1.54, 1.807) is 36.7 Å². The maximum atomic E-state index is 12.8. The number of aromatic nitrogens is 3. The summed E-state index contributed by atoms with van der Waals surface area (Å²) in [6, 6.07) is 16.4. The molecule has 0 radical (unpaired) electrons. The topological polar surface area (TPSA) is 73.8 Å². The number of hydrogen-bond donors (Lipinski definition) is 1. The number of carbonyl (C=O) groups is 1. The smallest absolute Gasteiger partial charge is 0.280 e. The third-order valence-corrected chi connectivity index (χ3v) is 4.35. The van der Waals surface area contributed by atoms with Gasteiger partial charge in [0.2, 0.25) is 0 Å². The Morgan fingerprint density at radius 2 is 1.76 bits per heavy atom. The van der Waals surface area contributed by atoms with E-state index in [1.807, 2.05) is 30.3 Å². The minimum absolute atomic E-state index is 0.298. The van der Waals surface area contributed by atoms with E-state index >= 15 is 0 Å². The summed E-state index contributed by atoms with van der Waals surface area (Å²) in [5, 5.41) is 5.31. The molecule has 6 heteroatoms. The zero-order valence-corrected chi connectivity index (χ0v) is 13.8. The highest BCUT2D eigenvalue weighted by molar-refractivity contribution is 6.34. The molecule has 0 spiro atoms. The molecule has 0 aliphatic carbocycles. The number of rotatable bonds is 2. The highest BCUT2D eigenvalue weighted by atomic mass is 35.5. The molecule has 25 heavy (non-hydrogen) atoms. The Kier molecular flexibility index (Phi) is 3.71. The lowest BCUT2D eigenvalue weighted by atomic mass is 10.1. The fourth-order valence-electron chi connectivity index (χ4n) is 2.77. The fraction of sp³-hybridized carbons (Fsp3) is 0.